The van der Waals surface area contributed by atoms with E-state index in [-0.39, 0.29) is 12.5 Å². The minimum atomic E-state index is -0.422. The van der Waals surface area contributed by atoms with E-state index in [4.69, 9.17) is 5.73 Å². The Labute approximate surface area is 102 Å². The fourth-order valence-corrected chi connectivity index (χ4v) is 1.41. The van der Waals surface area contributed by atoms with E-state index in [1.807, 2.05) is 0 Å². The molecule has 0 spiro atoms. The Morgan fingerprint density at radius 3 is 2.75 bits per heavy atom. The molecule has 6 heteroatoms. The first-order valence-corrected chi connectivity index (χ1v) is 5.39. The van der Waals surface area contributed by atoms with Gasteiger partial charge in [0.1, 0.15) is 5.82 Å². The molecule has 0 aliphatic rings. The molecule has 1 aromatic carbocycles. The molecule has 0 radical (unpaired) electrons. The Kier molecular flexibility index (Phi) is 4.12. The van der Waals surface area contributed by atoms with Crippen LogP contribution in [0.2, 0.25) is 0 Å². The smallest absolute Gasteiger partial charge is 0.241 e. The van der Waals surface area contributed by atoms with Gasteiger partial charge in [0.2, 0.25) is 5.91 Å². The van der Waals surface area contributed by atoms with E-state index >= 15 is 0 Å². The SMILES string of the molecule is CN(C)C(=O)CNc1cc(F)c(Br)cc1N. The standard InChI is InChI=1S/C10H13BrFN3O/c1-15(2)10(16)5-14-9-4-7(12)6(11)3-8(9)13/h3-4,14H,5,13H2,1-2H3. The van der Waals surface area contributed by atoms with Crippen molar-refractivity contribution in [1.29, 1.82) is 0 Å². The number of hydrogen-bond donors (Lipinski definition) is 2. The van der Waals surface area contributed by atoms with Crippen molar-refractivity contribution in [2.45, 2.75) is 0 Å². The van der Waals surface area contributed by atoms with Gasteiger partial charge in [-0.2, -0.15) is 0 Å². The molecule has 3 N–H and O–H groups in total. The van der Waals surface area contributed by atoms with Crippen LogP contribution in [0.5, 0.6) is 0 Å². The van der Waals surface area contributed by atoms with E-state index < -0.39 is 5.82 Å². The second kappa shape index (κ2) is 5.16. The molecular weight excluding hydrogens is 277 g/mol. The summed E-state index contributed by atoms with van der Waals surface area (Å²) in [7, 11) is 3.30. The summed E-state index contributed by atoms with van der Waals surface area (Å²) < 4.78 is 13.5. The number of nitrogens with one attached hydrogen (secondary N) is 1. The maximum atomic E-state index is 13.2. The van der Waals surface area contributed by atoms with Crippen molar-refractivity contribution in [3.05, 3.63) is 22.4 Å². The van der Waals surface area contributed by atoms with Crippen LogP contribution in [0.1, 0.15) is 0 Å². The number of likely N-dealkylation sites (N-methyl/N-ethyl adjacent to an activating group) is 1. The van der Waals surface area contributed by atoms with Crippen molar-refractivity contribution in [2.24, 2.45) is 0 Å². The number of nitrogen functional groups attached to an aromatic ring is 1. The first kappa shape index (κ1) is 12.8. The summed E-state index contributed by atoms with van der Waals surface area (Å²) in [5, 5.41) is 2.79. The number of rotatable bonds is 3. The van der Waals surface area contributed by atoms with Gasteiger partial charge in [-0.1, -0.05) is 0 Å². The Morgan fingerprint density at radius 1 is 1.56 bits per heavy atom. The van der Waals surface area contributed by atoms with Crippen molar-refractivity contribution in [3.63, 3.8) is 0 Å². The Balaban J connectivity index is 2.75. The van der Waals surface area contributed by atoms with Gasteiger partial charge < -0.3 is 16.0 Å². The van der Waals surface area contributed by atoms with Crippen LogP contribution in [0.3, 0.4) is 0 Å². The largest absolute Gasteiger partial charge is 0.397 e. The lowest BCUT2D eigenvalue weighted by molar-refractivity contribution is -0.126. The predicted octanol–water partition coefficient (Wildman–Crippen LogP) is 1.67. The molecule has 1 amide bonds. The molecule has 0 saturated heterocycles. The summed E-state index contributed by atoms with van der Waals surface area (Å²) in [4.78, 5) is 12.7. The number of amides is 1. The third-order valence-electron chi connectivity index (χ3n) is 2.02. The fourth-order valence-electron chi connectivity index (χ4n) is 1.04. The molecule has 4 nitrogen and oxygen atoms in total. The highest BCUT2D eigenvalue weighted by Crippen LogP contribution is 2.26. The zero-order valence-corrected chi connectivity index (χ0v) is 10.6. The summed E-state index contributed by atoms with van der Waals surface area (Å²) in [5.41, 5.74) is 6.47. The van der Waals surface area contributed by atoms with Crippen molar-refractivity contribution >= 4 is 33.2 Å². The Bertz CT molecular complexity index is 409. The maximum Gasteiger partial charge on any atom is 0.241 e. The van der Waals surface area contributed by atoms with Gasteiger partial charge in [0.15, 0.2) is 0 Å². The molecule has 0 aliphatic heterocycles. The van der Waals surface area contributed by atoms with E-state index in [1.54, 1.807) is 14.1 Å². The monoisotopic (exact) mass is 289 g/mol. The first-order chi connectivity index (χ1) is 7.41. The van der Waals surface area contributed by atoms with Crippen molar-refractivity contribution in [1.82, 2.24) is 4.90 Å². The lowest BCUT2D eigenvalue weighted by atomic mass is 10.2. The number of hydrogen-bond acceptors (Lipinski definition) is 3. The molecule has 0 atom stereocenters. The van der Waals surface area contributed by atoms with Gasteiger partial charge in [-0.05, 0) is 22.0 Å². The summed E-state index contributed by atoms with van der Waals surface area (Å²) in [6.07, 6.45) is 0. The summed E-state index contributed by atoms with van der Waals surface area (Å²) in [6.45, 7) is 0.0816. The molecular formula is C10H13BrFN3O. The molecule has 88 valence electrons. The second-order valence-corrected chi connectivity index (χ2v) is 4.35. The van der Waals surface area contributed by atoms with Crippen molar-refractivity contribution in [3.8, 4) is 0 Å². The molecule has 1 aromatic rings. The minimum absolute atomic E-state index is 0.0816. The lowest BCUT2D eigenvalue weighted by Crippen LogP contribution is -2.28. The van der Waals surface area contributed by atoms with E-state index in [2.05, 4.69) is 21.2 Å². The second-order valence-electron chi connectivity index (χ2n) is 3.50. The Morgan fingerprint density at radius 2 is 2.19 bits per heavy atom. The number of benzene rings is 1. The van der Waals surface area contributed by atoms with Crippen molar-refractivity contribution < 1.29 is 9.18 Å². The quantitative estimate of drug-likeness (QED) is 0.833. The molecule has 16 heavy (non-hydrogen) atoms. The van der Waals surface area contributed by atoms with E-state index in [9.17, 15) is 9.18 Å². The van der Waals surface area contributed by atoms with Gasteiger partial charge in [-0.15, -0.1) is 0 Å². The summed E-state index contributed by atoms with van der Waals surface area (Å²) in [6, 6.07) is 2.71. The molecule has 0 aliphatic carbocycles. The number of halogens is 2. The van der Waals surface area contributed by atoms with E-state index in [0.29, 0.717) is 15.8 Å². The Hall–Kier alpha value is -1.30. The number of carbonyl (C=O) groups excluding carboxylic acids is 1. The van der Waals surface area contributed by atoms with Gasteiger partial charge in [0, 0.05) is 20.2 Å². The molecule has 1 rings (SSSR count). The average molecular weight is 290 g/mol. The topological polar surface area (TPSA) is 58.4 Å². The van der Waals surface area contributed by atoms with Crippen LogP contribution in [-0.2, 0) is 4.79 Å². The molecule has 0 saturated carbocycles. The average Bonchev–Trinajstić information content (AvgIpc) is 2.20. The highest BCUT2D eigenvalue weighted by atomic mass is 79.9. The lowest BCUT2D eigenvalue weighted by Gasteiger charge is -2.13. The highest BCUT2D eigenvalue weighted by Gasteiger charge is 2.08. The third-order valence-corrected chi connectivity index (χ3v) is 2.63. The number of carbonyl (C=O) groups is 1. The number of nitrogens with two attached hydrogens (primary N) is 1. The molecule has 0 fully saturated rings. The van der Waals surface area contributed by atoms with Gasteiger partial charge in [0.25, 0.3) is 0 Å². The van der Waals surface area contributed by atoms with Gasteiger partial charge >= 0.3 is 0 Å². The molecule has 0 aromatic heterocycles. The predicted molar refractivity (Wildman–Crippen MR) is 65.7 cm³/mol. The first-order valence-electron chi connectivity index (χ1n) is 4.60. The highest BCUT2D eigenvalue weighted by molar-refractivity contribution is 9.10. The van der Waals surface area contributed by atoms with Crippen LogP contribution in [-0.4, -0.2) is 31.4 Å². The number of anilines is 2. The maximum absolute atomic E-state index is 13.2. The third kappa shape index (κ3) is 3.10. The van der Waals surface area contributed by atoms with Crippen LogP contribution in [0.15, 0.2) is 16.6 Å². The normalized spacial score (nSPS) is 10.0. The number of nitrogens with zero attached hydrogens (tertiary/aromatic N) is 1. The molecule has 0 bridgehead atoms. The molecule has 0 heterocycles. The summed E-state index contributed by atoms with van der Waals surface area (Å²) in [5.74, 6) is -0.531. The van der Waals surface area contributed by atoms with Gasteiger partial charge in [0.05, 0.1) is 22.4 Å². The van der Waals surface area contributed by atoms with Crippen LogP contribution in [0.4, 0.5) is 15.8 Å². The summed E-state index contributed by atoms with van der Waals surface area (Å²) >= 11 is 3.03. The van der Waals surface area contributed by atoms with Crippen LogP contribution < -0.4 is 11.1 Å². The molecule has 0 unspecified atom stereocenters. The van der Waals surface area contributed by atoms with E-state index in [0.717, 1.165) is 0 Å². The van der Waals surface area contributed by atoms with Gasteiger partial charge in [-0.25, -0.2) is 4.39 Å². The zero-order valence-electron chi connectivity index (χ0n) is 9.05. The van der Waals surface area contributed by atoms with Crippen LogP contribution in [0, 0.1) is 5.82 Å². The van der Waals surface area contributed by atoms with E-state index in [1.165, 1.54) is 17.0 Å². The van der Waals surface area contributed by atoms with Crippen LogP contribution >= 0.6 is 15.9 Å². The van der Waals surface area contributed by atoms with Crippen molar-refractivity contribution in [2.75, 3.05) is 31.7 Å². The fraction of sp³-hybridized carbons (Fsp3) is 0.300. The zero-order chi connectivity index (χ0) is 12.3. The van der Waals surface area contributed by atoms with Gasteiger partial charge in [-0.3, -0.25) is 4.79 Å². The minimum Gasteiger partial charge on any atom is -0.397 e. The van der Waals surface area contributed by atoms with Crippen LogP contribution in [0.25, 0.3) is 0 Å².